The van der Waals surface area contributed by atoms with E-state index in [0.29, 0.717) is 0 Å². The Hall–Kier alpha value is -0.820. The second-order valence-electron chi connectivity index (χ2n) is 5.82. The fraction of sp³-hybridized carbons (Fsp3) is 0.625. The van der Waals surface area contributed by atoms with Gasteiger partial charge in [0.25, 0.3) is 0 Å². The summed E-state index contributed by atoms with van der Waals surface area (Å²) in [6.07, 6.45) is 7.14. The zero-order valence-electron chi connectivity index (χ0n) is 10.7. The van der Waals surface area contributed by atoms with E-state index in [1.807, 2.05) is 0 Å². The second kappa shape index (κ2) is 4.81. The highest BCUT2D eigenvalue weighted by atomic mass is 14.9. The van der Waals surface area contributed by atoms with Gasteiger partial charge in [0.2, 0.25) is 0 Å². The third kappa shape index (κ3) is 2.71. The minimum atomic E-state index is 0.798. The van der Waals surface area contributed by atoms with Crippen molar-refractivity contribution in [1.82, 2.24) is 5.32 Å². The normalized spacial score (nSPS) is 29.0. The van der Waals surface area contributed by atoms with E-state index in [2.05, 4.69) is 42.7 Å². The van der Waals surface area contributed by atoms with Gasteiger partial charge < -0.3 is 5.32 Å². The van der Waals surface area contributed by atoms with Crippen LogP contribution < -0.4 is 5.32 Å². The molecule has 2 aliphatic carbocycles. The van der Waals surface area contributed by atoms with E-state index >= 15 is 0 Å². The lowest BCUT2D eigenvalue weighted by Gasteiger charge is -2.14. The molecular formula is C16H23N. The molecule has 3 rings (SSSR count). The predicted octanol–water partition coefficient (Wildman–Crippen LogP) is 3.57. The first-order valence-electron chi connectivity index (χ1n) is 7.10. The molecular weight excluding hydrogens is 206 g/mol. The molecule has 0 amide bonds. The van der Waals surface area contributed by atoms with Crippen molar-refractivity contribution in [2.75, 3.05) is 7.05 Å². The first-order valence-corrected chi connectivity index (χ1v) is 7.10. The highest BCUT2D eigenvalue weighted by Gasteiger charge is 2.39. The molecule has 1 aromatic rings. The summed E-state index contributed by atoms with van der Waals surface area (Å²) in [6, 6.07) is 11.8. The lowest BCUT2D eigenvalue weighted by Crippen LogP contribution is -2.27. The fourth-order valence-corrected chi connectivity index (χ4v) is 3.18. The van der Waals surface area contributed by atoms with E-state index in [0.717, 1.165) is 23.8 Å². The molecule has 0 aromatic heterocycles. The van der Waals surface area contributed by atoms with Crippen LogP contribution in [0.3, 0.4) is 0 Å². The molecule has 1 N–H and O–H groups in total. The first kappa shape index (κ1) is 11.3. The Bertz CT molecular complexity index is 355. The van der Waals surface area contributed by atoms with Crippen LogP contribution in [0.2, 0.25) is 0 Å². The van der Waals surface area contributed by atoms with E-state index < -0.39 is 0 Å². The Morgan fingerprint density at radius 1 is 1.24 bits per heavy atom. The van der Waals surface area contributed by atoms with Gasteiger partial charge >= 0.3 is 0 Å². The molecule has 2 saturated carbocycles. The minimum Gasteiger partial charge on any atom is -0.317 e. The van der Waals surface area contributed by atoms with Gasteiger partial charge in [-0.05, 0) is 62.5 Å². The van der Waals surface area contributed by atoms with Gasteiger partial charge in [-0.25, -0.2) is 0 Å². The molecule has 1 heteroatoms. The van der Waals surface area contributed by atoms with Crippen LogP contribution >= 0.6 is 0 Å². The third-order valence-electron chi connectivity index (χ3n) is 4.56. The summed E-state index contributed by atoms with van der Waals surface area (Å²) >= 11 is 0. The molecule has 1 aromatic carbocycles. The number of hydrogen-bond acceptors (Lipinski definition) is 1. The van der Waals surface area contributed by atoms with Gasteiger partial charge in [-0.3, -0.25) is 0 Å². The first-order chi connectivity index (χ1) is 8.38. The van der Waals surface area contributed by atoms with Gasteiger partial charge in [-0.1, -0.05) is 30.3 Å². The van der Waals surface area contributed by atoms with E-state index in [9.17, 15) is 0 Å². The molecule has 1 nitrogen and oxygen atoms in total. The smallest absolute Gasteiger partial charge is 0.00924 e. The lowest BCUT2D eigenvalue weighted by molar-refractivity contribution is 0.441. The molecule has 0 radical (unpaired) electrons. The maximum Gasteiger partial charge on any atom is 0.00924 e. The maximum atomic E-state index is 3.50. The molecule has 2 fully saturated rings. The predicted molar refractivity (Wildman–Crippen MR) is 72.1 cm³/mol. The Morgan fingerprint density at radius 2 is 2.00 bits per heavy atom. The summed E-state index contributed by atoms with van der Waals surface area (Å²) in [5.41, 5.74) is 1.56. The van der Waals surface area contributed by atoms with Crippen molar-refractivity contribution in [2.45, 2.75) is 44.1 Å². The lowest BCUT2D eigenvalue weighted by atomic mass is 10.0. The Balaban J connectivity index is 1.46. The zero-order valence-corrected chi connectivity index (χ0v) is 10.7. The number of nitrogens with one attached hydrogen (secondary N) is 1. The fourth-order valence-electron chi connectivity index (χ4n) is 3.18. The van der Waals surface area contributed by atoms with Crippen LogP contribution in [0.4, 0.5) is 0 Å². The minimum absolute atomic E-state index is 0.798. The average molecular weight is 229 g/mol. The molecule has 92 valence electrons. The molecule has 0 saturated heterocycles. The Morgan fingerprint density at radius 3 is 2.65 bits per heavy atom. The summed E-state index contributed by atoms with van der Waals surface area (Å²) in [5, 5.41) is 3.50. The largest absolute Gasteiger partial charge is 0.317 e. The summed E-state index contributed by atoms with van der Waals surface area (Å²) in [6.45, 7) is 0. The van der Waals surface area contributed by atoms with Crippen LogP contribution in [-0.2, 0) is 0 Å². The van der Waals surface area contributed by atoms with Crippen molar-refractivity contribution in [2.24, 2.45) is 11.8 Å². The third-order valence-corrected chi connectivity index (χ3v) is 4.56. The van der Waals surface area contributed by atoms with Crippen molar-refractivity contribution in [3.8, 4) is 0 Å². The van der Waals surface area contributed by atoms with Gasteiger partial charge in [0, 0.05) is 6.04 Å². The summed E-state index contributed by atoms with van der Waals surface area (Å²) < 4.78 is 0. The van der Waals surface area contributed by atoms with E-state index in [1.165, 1.54) is 32.1 Å². The van der Waals surface area contributed by atoms with Crippen molar-refractivity contribution in [1.29, 1.82) is 0 Å². The van der Waals surface area contributed by atoms with Crippen LogP contribution in [-0.4, -0.2) is 13.1 Å². The standard InChI is InChI=1S/C16H23N/c1-17-16(13-7-8-13)10-9-14-11-15(14)12-5-3-2-4-6-12/h2-6,13-17H,7-11H2,1H3. The molecule has 0 bridgehead atoms. The molecule has 17 heavy (non-hydrogen) atoms. The van der Waals surface area contributed by atoms with Crippen LogP contribution in [0.5, 0.6) is 0 Å². The monoisotopic (exact) mass is 229 g/mol. The van der Waals surface area contributed by atoms with E-state index in [-0.39, 0.29) is 0 Å². The Labute approximate surface area is 105 Å². The highest BCUT2D eigenvalue weighted by Crippen LogP contribution is 2.50. The summed E-state index contributed by atoms with van der Waals surface area (Å²) in [5.74, 6) is 2.83. The molecule has 3 unspecified atom stereocenters. The number of benzene rings is 1. The van der Waals surface area contributed by atoms with Crippen molar-refractivity contribution in [3.05, 3.63) is 35.9 Å². The molecule has 0 aliphatic heterocycles. The quantitative estimate of drug-likeness (QED) is 0.786. The molecule has 2 aliphatic rings. The van der Waals surface area contributed by atoms with Gasteiger partial charge in [0.1, 0.15) is 0 Å². The van der Waals surface area contributed by atoms with Crippen LogP contribution in [0, 0.1) is 11.8 Å². The maximum absolute atomic E-state index is 3.50. The number of rotatable bonds is 6. The zero-order chi connectivity index (χ0) is 11.7. The highest BCUT2D eigenvalue weighted by molar-refractivity contribution is 5.25. The van der Waals surface area contributed by atoms with Gasteiger partial charge in [0.15, 0.2) is 0 Å². The molecule has 0 heterocycles. The SMILES string of the molecule is CNC(CCC1CC1c1ccccc1)C1CC1. The van der Waals surface area contributed by atoms with Gasteiger partial charge in [-0.15, -0.1) is 0 Å². The molecule has 3 atom stereocenters. The van der Waals surface area contributed by atoms with Gasteiger partial charge in [-0.2, -0.15) is 0 Å². The van der Waals surface area contributed by atoms with Crippen LogP contribution in [0.1, 0.15) is 43.6 Å². The van der Waals surface area contributed by atoms with Crippen LogP contribution in [0.15, 0.2) is 30.3 Å². The average Bonchev–Trinajstić information content (AvgIpc) is 3.26. The van der Waals surface area contributed by atoms with Crippen molar-refractivity contribution in [3.63, 3.8) is 0 Å². The topological polar surface area (TPSA) is 12.0 Å². The summed E-state index contributed by atoms with van der Waals surface area (Å²) in [4.78, 5) is 0. The second-order valence-corrected chi connectivity index (χ2v) is 5.82. The van der Waals surface area contributed by atoms with Crippen molar-refractivity contribution < 1.29 is 0 Å². The molecule has 0 spiro atoms. The summed E-state index contributed by atoms with van der Waals surface area (Å²) in [7, 11) is 2.13. The van der Waals surface area contributed by atoms with Crippen molar-refractivity contribution >= 4 is 0 Å². The van der Waals surface area contributed by atoms with Crippen LogP contribution in [0.25, 0.3) is 0 Å². The van der Waals surface area contributed by atoms with Gasteiger partial charge in [0.05, 0.1) is 0 Å². The van der Waals surface area contributed by atoms with E-state index in [4.69, 9.17) is 0 Å². The number of hydrogen-bond donors (Lipinski definition) is 1. The Kier molecular flexibility index (Phi) is 3.19. The van der Waals surface area contributed by atoms with E-state index in [1.54, 1.807) is 5.56 Å².